The van der Waals surface area contributed by atoms with Crippen LogP contribution in [0.5, 0.6) is 5.75 Å². The van der Waals surface area contributed by atoms with Gasteiger partial charge < -0.3 is 9.47 Å². The summed E-state index contributed by atoms with van der Waals surface area (Å²) in [4.78, 5) is 24.0. The molecule has 0 aliphatic carbocycles. The number of alkyl halides is 3. The molecule has 0 amide bonds. The second kappa shape index (κ2) is 5.85. The minimum absolute atomic E-state index is 0.0578. The third-order valence-corrected chi connectivity index (χ3v) is 3.10. The molecule has 1 aromatic carbocycles. The first-order valence-electron chi connectivity index (χ1n) is 6.98. The van der Waals surface area contributed by atoms with Gasteiger partial charge in [0.25, 0.3) is 5.78 Å². The molecule has 0 unspecified atom stereocenters. The zero-order valence-electron chi connectivity index (χ0n) is 13.5. The lowest BCUT2D eigenvalue weighted by Crippen LogP contribution is -2.27. The van der Waals surface area contributed by atoms with Gasteiger partial charge in [0, 0.05) is 6.20 Å². The molecule has 0 bridgehead atoms. The highest BCUT2D eigenvalue weighted by Crippen LogP contribution is 2.34. The Morgan fingerprint density at radius 2 is 1.75 bits per heavy atom. The number of hydrogen-bond donors (Lipinski definition) is 0. The number of benzene rings is 1. The molecule has 1 aromatic heterocycles. The van der Waals surface area contributed by atoms with Gasteiger partial charge in [-0.05, 0) is 32.9 Å². The van der Waals surface area contributed by atoms with Gasteiger partial charge in [-0.25, -0.2) is 4.79 Å². The predicted molar refractivity (Wildman–Crippen MR) is 80.5 cm³/mol. The standard InChI is InChI=1S/C16H16F3NO4/c1-15(2,3)24-14(22)20-8-9(13(21)16(17,18)19)12-10(20)6-5-7-11(12)23-4/h5-8H,1-4H3. The molecule has 130 valence electrons. The quantitative estimate of drug-likeness (QED) is 0.768. The maximum Gasteiger partial charge on any atom is 0.454 e. The number of halogens is 3. The summed E-state index contributed by atoms with van der Waals surface area (Å²) in [6.07, 6.45) is -5.13. The molecule has 8 heteroatoms. The van der Waals surface area contributed by atoms with Crippen molar-refractivity contribution in [1.82, 2.24) is 4.57 Å². The molecule has 1 heterocycles. The highest BCUT2D eigenvalue weighted by Gasteiger charge is 2.42. The summed E-state index contributed by atoms with van der Waals surface area (Å²) in [6, 6.07) is 4.33. The lowest BCUT2D eigenvalue weighted by molar-refractivity contribution is -0.0884. The van der Waals surface area contributed by atoms with Crippen molar-refractivity contribution >= 4 is 22.8 Å². The average molecular weight is 343 g/mol. The van der Waals surface area contributed by atoms with E-state index < -0.39 is 29.2 Å². The van der Waals surface area contributed by atoms with Gasteiger partial charge in [0.15, 0.2) is 0 Å². The molecule has 0 radical (unpaired) electrons. The monoisotopic (exact) mass is 343 g/mol. The fourth-order valence-electron chi connectivity index (χ4n) is 2.21. The van der Waals surface area contributed by atoms with Crippen LogP contribution in [0.2, 0.25) is 0 Å². The molecule has 0 N–H and O–H groups in total. The van der Waals surface area contributed by atoms with Crippen LogP contribution in [0.4, 0.5) is 18.0 Å². The van der Waals surface area contributed by atoms with Crippen molar-refractivity contribution in [3.8, 4) is 5.75 Å². The van der Waals surface area contributed by atoms with Gasteiger partial charge in [0.2, 0.25) is 0 Å². The Morgan fingerprint density at radius 3 is 2.25 bits per heavy atom. The Labute approximate surface area is 135 Å². The zero-order valence-corrected chi connectivity index (χ0v) is 13.5. The van der Waals surface area contributed by atoms with E-state index in [0.717, 1.165) is 10.8 Å². The van der Waals surface area contributed by atoms with E-state index >= 15 is 0 Å². The molecule has 0 fully saturated rings. The van der Waals surface area contributed by atoms with E-state index in [2.05, 4.69) is 0 Å². The SMILES string of the molecule is COc1cccc2c1c(C(=O)C(F)(F)F)cn2C(=O)OC(C)(C)C. The smallest absolute Gasteiger partial charge is 0.454 e. The van der Waals surface area contributed by atoms with E-state index in [1.807, 2.05) is 0 Å². The molecular formula is C16H16F3NO4. The van der Waals surface area contributed by atoms with Crippen molar-refractivity contribution in [1.29, 1.82) is 0 Å². The van der Waals surface area contributed by atoms with Gasteiger partial charge in [-0.1, -0.05) is 6.07 Å². The third-order valence-electron chi connectivity index (χ3n) is 3.10. The van der Waals surface area contributed by atoms with Crippen LogP contribution in [0.3, 0.4) is 0 Å². The van der Waals surface area contributed by atoms with Crippen molar-refractivity contribution in [2.45, 2.75) is 32.5 Å². The Kier molecular flexibility index (Phi) is 4.34. The highest BCUT2D eigenvalue weighted by molar-refractivity contribution is 6.14. The number of Topliss-reactive ketones (excluding diaryl/α,β-unsaturated/α-hetero) is 1. The predicted octanol–water partition coefficient (Wildman–Crippen LogP) is 4.18. The number of fused-ring (bicyclic) bond motifs is 1. The van der Waals surface area contributed by atoms with Crippen molar-refractivity contribution in [2.24, 2.45) is 0 Å². The zero-order chi connectivity index (χ0) is 18.3. The van der Waals surface area contributed by atoms with Crippen LogP contribution in [0, 0.1) is 0 Å². The van der Waals surface area contributed by atoms with Crippen molar-refractivity contribution in [3.63, 3.8) is 0 Å². The fourth-order valence-corrected chi connectivity index (χ4v) is 2.21. The van der Waals surface area contributed by atoms with E-state index in [4.69, 9.17) is 9.47 Å². The second-order valence-electron chi connectivity index (χ2n) is 6.07. The van der Waals surface area contributed by atoms with Gasteiger partial charge >= 0.3 is 12.3 Å². The van der Waals surface area contributed by atoms with Gasteiger partial charge in [0.05, 0.1) is 23.6 Å². The van der Waals surface area contributed by atoms with Crippen LogP contribution in [-0.2, 0) is 4.74 Å². The van der Waals surface area contributed by atoms with Gasteiger partial charge in [0.1, 0.15) is 11.4 Å². The number of nitrogens with zero attached hydrogens (tertiary/aromatic N) is 1. The Morgan fingerprint density at radius 1 is 1.12 bits per heavy atom. The summed E-state index contributed by atoms with van der Waals surface area (Å²) in [6.45, 7) is 4.87. The number of hydrogen-bond acceptors (Lipinski definition) is 4. The molecular weight excluding hydrogens is 327 g/mol. The minimum Gasteiger partial charge on any atom is -0.496 e. The maximum absolute atomic E-state index is 12.9. The Balaban J connectivity index is 2.71. The maximum atomic E-state index is 12.9. The highest BCUT2D eigenvalue weighted by atomic mass is 19.4. The van der Waals surface area contributed by atoms with Crippen molar-refractivity contribution in [2.75, 3.05) is 7.11 Å². The molecule has 0 aliphatic heterocycles. The number of carbonyl (C=O) groups excluding carboxylic acids is 2. The fraction of sp³-hybridized carbons (Fsp3) is 0.375. The number of aromatic nitrogens is 1. The number of methoxy groups -OCH3 is 1. The van der Waals surface area contributed by atoms with Crippen LogP contribution < -0.4 is 4.74 Å². The molecule has 2 aromatic rings. The van der Waals surface area contributed by atoms with Gasteiger partial charge in [-0.3, -0.25) is 9.36 Å². The summed E-state index contributed by atoms with van der Waals surface area (Å²) in [5, 5.41) is -0.0896. The van der Waals surface area contributed by atoms with Crippen LogP contribution in [0.15, 0.2) is 24.4 Å². The van der Waals surface area contributed by atoms with E-state index in [1.165, 1.54) is 25.3 Å². The normalized spacial score (nSPS) is 12.3. The number of ketones is 1. The average Bonchev–Trinajstić information content (AvgIpc) is 2.83. The summed E-state index contributed by atoms with van der Waals surface area (Å²) in [5.74, 6) is -2.00. The number of carbonyl (C=O) groups is 2. The molecule has 24 heavy (non-hydrogen) atoms. The van der Waals surface area contributed by atoms with Crippen molar-refractivity contribution < 1.29 is 32.2 Å². The summed E-state index contributed by atoms with van der Waals surface area (Å²) < 4.78 is 49.7. The number of ether oxygens (including phenoxy) is 2. The second-order valence-corrected chi connectivity index (χ2v) is 6.07. The first-order chi connectivity index (χ1) is 11.0. The molecule has 0 saturated heterocycles. The summed E-state index contributed by atoms with van der Waals surface area (Å²) in [7, 11) is 1.27. The van der Waals surface area contributed by atoms with Gasteiger partial charge in [-0.2, -0.15) is 13.2 Å². The summed E-state index contributed by atoms with van der Waals surface area (Å²) in [5.41, 5.74) is -1.42. The van der Waals surface area contributed by atoms with Crippen molar-refractivity contribution in [3.05, 3.63) is 30.0 Å². The van der Waals surface area contributed by atoms with Crippen LogP contribution >= 0.6 is 0 Å². The van der Waals surface area contributed by atoms with Gasteiger partial charge in [-0.15, -0.1) is 0 Å². The van der Waals surface area contributed by atoms with E-state index in [1.54, 1.807) is 20.8 Å². The molecule has 0 saturated carbocycles. The lowest BCUT2D eigenvalue weighted by atomic mass is 10.1. The Hall–Kier alpha value is -2.51. The first-order valence-corrected chi connectivity index (χ1v) is 6.98. The van der Waals surface area contributed by atoms with E-state index in [-0.39, 0.29) is 16.7 Å². The third kappa shape index (κ3) is 3.37. The minimum atomic E-state index is -5.08. The van der Waals surface area contributed by atoms with Crippen LogP contribution in [0.25, 0.3) is 10.9 Å². The van der Waals surface area contributed by atoms with Crippen LogP contribution in [-0.4, -0.2) is 35.3 Å². The molecule has 2 rings (SSSR count). The van der Waals surface area contributed by atoms with Crippen LogP contribution in [0.1, 0.15) is 31.1 Å². The topological polar surface area (TPSA) is 57.5 Å². The lowest BCUT2D eigenvalue weighted by Gasteiger charge is -2.19. The number of rotatable bonds is 2. The van der Waals surface area contributed by atoms with E-state index in [9.17, 15) is 22.8 Å². The first kappa shape index (κ1) is 17.8. The molecule has 5 nitrogen and oxygen atoms in total. The van der Waals surface area contributed by atoms with E-state index in [0.29, 0.717) is 0 Å². The molecule has 0 spiro atoms. The Bertz CT molecular complexity index is 800. The molecule has 0 aliphatic rings. The largest absolute Gasteiger partial charge is 0.496 e. The molecule has 0 atom stereocenters. The summed E-state index contributed by atoms with van der Waals surface area (Å²) >= 11 is 0.